The zero-order valence-corrected chi connectivity index (χ0v) is 13.2. The first-order valence-corrected chi connectivity index (χ1v) is 7.19. The van der Waals surface area contributed by atoms with Crippen LogP contribution in [0.5, 0.6) is 0 Å². The van der Waals surface area contributed by atoms with Crippen molar-refractivity contribution in [3.63, 3.8) is 0 Å². The molecule has 0 aliphatic rings. The standard InChI is InChI=1S/C14H11BrCl2FN/c1-8(19-14-5-3-2-4-10(14)15)9-6-13(18)12(17)7-11(9)16/h2-8,19H,1H3. The number of halogens is 4. The van der Waals surface area contributed by atoms with Gasteiger partial charge in [-0.2, -0.15) is 0 Å². The zero-order chi connectivity index (χ0) is 14.0. The normalized spacial score (nSPS) is 12.3. The van der Waals surface area contributed by atoms with Crippen molar-refractivity contribution in [1.82, 2.24) is 0 Å². The van der Waals surface area contributed by atoms with Crippen molar-refractivity contribution in [3.05, 3.63) is 62.3 Å². The molecule has 0 aliphatic carbocycles. The van der Waals surface area contributed by atoms with Crippen molar-refractivity contribution in [2.45, 2.75) is 13.0 Å². The highest BCUT2D eigenvalue weighted by molar-refractivity contribution is 9.10. The lowest BCUT2D eigenvalue weighted by Crippen LogP contribution is -2.08. The van der Waals surface area contributed by atoms with Crippen molar-refractivity contribution >= 4 is 44.8 Å². The third-order valence-electron chi connectivity index (χ3n) is 2.75. The Kier molecular flexibility index (Phi) is 4.71. The Morgan fingerprint density at radius 1 is 1.16 bits per heavy atom. The highest BCUT2D eigenvalue weighted by Gasteiger charge is 2.14. The average molecular weight is 363 g/mol. The van der Waals surface area contributed by atoms with Gasteiger partial charge in [-0.1, -0.05) is 35.3 Å². The Bertz CT molecular complexity index is 604. The van der Waals surface area contributed by atoms with E-state index in [2.05, 4.69) is 21.2 Å². The summed E-state index contributed by atoms with van der Waals surface area (Å²) >= 11 is 15.2. The molecule has 0 aliphatic heterocycles. The SMILES string of the molecule is CC(Nc1ccccc1Br)c1cc(F)c(Cl)cc1Cl. The number of para-hydroxylation sites is 1. The monoisotopic (exact) mass is 361 g/mol. The maximum Gasteiger partial charge on any atom is 0.142 e. The second-order valence-electron chi connectivity index (χ2n) is 4.13. The highest BCUT2D eigenvalue weighted by Crippen LogP contribution is 2.32. The molecule has 0 fully saturated rings. The van der Waals surface area contributed by atoms with Crippen LogP contribution in [0, 0.1) is 5.82 Å². The highest BCUT2D eigenvalue weighted by atomic mass is 79.9. The summed E-state index contributed by atoms with van der Waals surface area (Å²) in [6, 6.07) is 10.3. The van der Waals surface area contributed by atoms with Crippen molar-refractivity contribution in [2.75, 3.05) is 5.32 Å². The largest absolute Gasteiger partial charge is 0.378 e. The minimum atomic E-state index is -0.471. The summed E-state index contributed by atoms with van der Waals surface area (Å²) in [5.41, 5.74) is 1.58. The van der Waals surface area contributed by atoms with Gasteiger partial charge in [0.25, 0.3) is 0 Å². The van der Waals surface area contributed by atoms with Gasteiger partial charge in [0.05, 0.1) is 11.1 Å². The second kappa shape index (κ2) is 6.12. The minimum absolute atomic E-state index is 0.0295. The van der Waals surface area contributed by atoms with Crippen LogP contribution < -0.4 is 5.32 Å². The van der Waals surface area contributed by atoms with Crippen LogP contribution in [0.3, 0.4) is 0 Å². The molecule has 1 nitrogen and oxygen atoms in total. The molecule has 5 heteroatoms. The molecule has 1 unspecified atom stereocenters. The van der Waals surface area contributed by atoms with E-state index < -0.39 is 5.82 Å². The smallest absolute Gasteiger partial charge is 0.142 e. The minimum Gasteiger partial charge on any atom is -0.378 e. The number of rotatable bonds is 3. The van der Waals surface area contributed by atoms with Gasteiger partial charge in [0.2, 0.25) is 0 Å². The first kappa shape index (κ1) is 14.6. The fraction of sp³-hybridized carbons (Fsp3) is 0.143. The molecule has 100 valence electrons. The fourth-order valence-corrected chi connectivity index (χ4v) is 2.71. The quantitative estimate of drug-likeness (QED) is 0.653. The number of nitrogens with one attached hydrogen (secondary N) is 1. The molecule has 19 heavy (non-hydrogen) atoms. The van der Waals surface area contributed by atoms with Gasteiger partial charge in [0.15, 0.2) is 0 Å². The van der Waals surface area contributed by atoms with Gasteiger partial charge < -0.3 is 5.32 Å². The molecule has 0 spiro atoms. The van der Waals surface area contributed by atoms with Crippen molar-refractivity contribution in [2.24, 2.45) is 0 Å². The van der Waals surface area contributed by atoms with E-state index in [-0.39, 0.29) is 11.1 Å². The van der Waals surface area contributed by atoms with Crippen LogP contribution in [0.4, 0.5) is 10.1 Å². The molecule has 2 rings (SSSR count). The number of anilines is 1. The summed E-state index contributed by atoms with van der Waals surface area (Å²) in [7, 11) is 0. The second-order valence-corrected chi connectivity index (χ2v) is 5.80. The molecule has 0 amide bonds. The van der Waals surface area contributed by atoms with Crippen LogP contribution in [0.25, 0.3) is 0 Å². The Hall–Kier alpha value is -0.770. The number of hydrogen-bond acceptors (Lipinski definition) is 1. The molecule has 2 aromatic rings. The first-order valence-electron chi connectivity index (χ1n) is 5.64. The lowest BCUT2D eigenvalue weighted by atomic mass is 10.1. The molecular formula is C14H11BrCl2FN. The lowest BCUT2D eigenvalue weighted by molar-refractivity contribution is 0.624. The van der Waals surface area contributed by atoms with E-state index in [4.69, 9.17) is 23.2 Å². The molecule has 0 aromatic heterocycles. The van der Waals surface area contributed by atoms with Crippen LogP contribution in [0.1, 0.15) is 18.5 Å². The van der Waals surface area contributed by atoms with Gasteiger partial charge in [-0.3, -0.25) is 0 Å². The molecule has 1 N–H and O–H groups in total. The number of hydrogen-bond donors (Lipinski definition) is 1. The van der Waals surface area contributed by atoms with E-state index in [0.29, 0.717) is 10.6 Å². The summed E-state index contributed by atoms with van der Waals surface area (Å²) in [6.07, 6.45) is 0. The summed E-state index contributed by atoms with van der Waals surface area (Å²) < 4.78 is 14.4. The molecule has 2 aromatic carbocycles. The summed E-state index contributed by atoms with van der Waals surface area (Å²) in [5.74, 6) is -0.471. The van der Waals surface area contributed by atoms with Crippen molar-refractivity contribution in [3.8, 4) is 0 Å². The van der Waals surface area contributed by atoms with Gasteiger partial charge in [-0.05, 0) is 52.7 Å². The van der Waals surface area contributed by atoms with E-state index in [1.54, 1.807) is 0 Å². The average Bonchev–Trinajstić information content (AvgIpc) is 2.36. The molecular weight excluding hydrogens is 352 g/mol. The van der Waals surface area contributed by atoms with Gasteiger partial charge in [0.1, 0.15) is 5.82 Å². The van der Waals surface area contributed by atoms with Crippen molar-refractivity contribution in [1.29, 1.82) is 0 Å². The maximum absolute atomic E-state index is 13.5. The molecule has 0 radical (unpaired) electrons. The predicted molar refractivity (Wildman–Crippen MR) is 82.6 cm³/mol. The maximum atomic E-state index is 13.5. The van der Waals surface area contributed by atoms with E-state index in [0.717, 1.165) is 10.2 Å². The Morgan fingerprint density at radius 2 is 1.84 bits per heavy atom. The summed E-state index contributed by atoms with van der Waals surface area (Å²) in [5, 5.41) is 3.75. The zero-order valence-electron chi connectivity index (χ0n) is 10.1. The summed E-state index contributed by atoms with van der Waals surface area (Å²) in [6.45, 7) is 1.91. The van der Waals surface area contributed by atoms with Crippen LogP contribution in [-0.4, -0.2) is 0 Å². The lowest BCUT2D eigenvalue weighted by Gasteiger charge is -2.18. The van der Waals surface area contributed by atoms with E-state index in [9.17, 15) is 4.39 Å². The molecule has 0 bridgehead atoms. The fourth-order valence-electron chi connectivity index (χ4n) is 1.76. The van der Waals surface area contributed by atoms with Crippen molar-refractivity contribution < 1.29 is 4.39 Å². The number of benzene rings is 2. The molecule has 1 atom stereocenters. The Labute approximate surface area is 129 Å². The van der Waals surface area contributed by atoms with Crippen LogP contribution in [0.15, 0.2) is 40.9 Å². The topological polar surface area (TPSA) is 12.0 Å². The third kappa shape index (κ3) is 3.41. The van der Waals surface area contributed by atoms with E-state index in [1.165, 1.54) is 12.1 Å². The molecule has 0 saturated heterocycles. The summed E-state index contributed by atoms with van der Waals surface area (Å²) in [4.78, 5) is 0. The Balaban J connectivity index is 2.28. The third-order valence-corrected chi connectivity index (χ3v) is 4.06. The Morgan fingerprint density at radius 3 is 2.53 bits per heavy atom. The van der Waals surface area contributed by atoms with Gasteiger partial charge in [0, 0.05) is 15.2 Å². The van der Waals surface area contributed by atoms with Crippen LogP contribution >= 0.6 is 39.1 Å². The van der Waals surface area contributed by atoms with Gasteiger partial charge in [-0.15, -0.1) is 0 Å². The first-order chi connectivity index (χ1) is 8.99. The van der Waals surface area contributed by atoms with E-state index in [1.807, 2.05) is 31.2 Å². The van der Waals surface area contributed by atoms with Gasteiger partial charge in [-0.25, -0.2) is 4.39 Å². The van der Waals surface area contributed by atoms with Crippen LogP contribution in [-0.2, 0) is 0 Å². The molecule has 0 saturated carbocycles. The molecule has 0 heterocycles. The predicted octanol–water partition coefficient (Wildman–Crippen LogP) is 6.07. The van der Waals surface area contributed by atoms with Gasteiger partial charge >= 0.3 is 0 Å². The van der Waals surface area contributed by atoms with E-state index >= 15 is 0 Å². The van der Waals surface area contributed by atoms with Crippen LogP contribution in [0.2, 0.25) is 10.0 Å².